The fourth-order valence-electron chi connectivity index (χ4n) is 1.47. The number of hydrogen-bond acceptors (Lipinski definition) is 3. The van der Waals surface area contributed by atoms with Crippen LogP contribution in [0, 0.1) is 0 Å². The van der Waals surface area contributed by atoms with Gasteiger partial charge in [-0.15, -0.1) is 0 Å². The van der Waals surface area contributed by atoms with Crippen molar-refractivity contribution in [2.45, 2.75) is 32.8 Å². The molecule has 0 radical (unpaired) electrons. The molecule has 0 spiro atoms. The van der Waals surface area contributed by atoms with Gasteiger partial charge in [0.15, 0.2) is 0 Å². The third-order valence-electron chi connectivity index (χ3n) is 2.45. The first-order valence-electron chi connectivity index (χ1n) is 4.83. The summed E-state index contributed by atoms with van der Waals surface area (Å²) in [7, 11) is 1.39. The summed E-state index contributed by atoms with van der Waals surface area (Å²) in [6, 6.07) is -2.52. The highest BCUT2D eigenvalue weighted by atomic mass is 16.2. The van der Waals surface area contributed by atoms with Gasteiger partial charge < -0.3 is 4.90 Å². The Morgan fingerprint density at radius 2 is 1.86 bits per heavy atom. The number of piperazine rings is 1. The second kappa shape index (κ2) is 3.40. The van der Waals surface area contributed by atoms with Crippen molar-refractivity contribution in [1.82, 2.24) is 9.80 Å². The minimum absolute atomic E-state index is 0.401. The molecule has 1 aliphatic heterocycles. The van der Waals surface area contributed by atoms with Gasteiger partial charge in [-0.1, -0.05) is 0 Å². The zero-order valence-corrected chi connectivity index (χ0v) is 8.70. The van der Waals surface area contributed by atoms with Crippen LogP contribution in [0.2, 0.25) is 0 Å². The van der Waals surface area contributed by atoms with Crippen molar-refractivity contribution in [2.75, 3.05) is 7.05 Å². The van der Waals surface area contributed by atoms with Crippen molar-refractivity contribution < 1.29 is 15.8 Å². The molecule has 0 bridgehead atoms. The quantitative estimate of drug-likeness (QED) is 0.534. The highest BCUT2D eigenvalue weighted by Crippen LogP contribution is 2.16. The Bertz CT molecular complexity index is 340. The third-order valence-corrected chi connectivity index (χ3v) is 2.45. The average molecular weight is 199 g/mol. The number of hydrogen-bond donors (Lipinski definition) is 0. The van der Waals surface area contributed by atoms with Crippen LogP contribution in [0.5, 0.6) is 0 Å². The van der Waals surface area contributed by atoms with E-state index in [1.54, 1.807) is 0 Å². The molecule has 14 heavy (non-hydrogen) atoms. The number of nitrogens with zero attached hydrogens (tertiary/aromatic N) is 2. The molecule has 5 heteroatoms. The van der Waals surface area contributed by atoms with E-state index in [-0.39, 0.29) is 0 Å². The van der Waals surface area contributed by atoms with Crippen molar-refractivity contribution in [3.63, 3.8) is 0 Å². The molecule has 1 aliphatic rings. The van der Waals surface area contributed by atoms with Crippen LogP contribution in [-0.2, 0) is 14.4 Å². The Balaban J connectivity index is 3.19. The molecule has 1 fully saturated rings. The molecule has 5 nitrogen and oxygen atoms in total. The molecule has 1 saturated heterocycles. The van der Waals surface area contributed by atoms with Gasteiger partial charge in [-0.05, 0) is 13.8 Å². The summed E-state index contributed by atoms with van der Waals surface area (Å²) < 4.78 is 7.74. The largest absolute Gasteiger partial charge is 0.332 e. The van der Waals surface area contributed by atoms with Gasteiger partial charge in [0.2, 0.25) is 11.8 Å². The summed E-state index contributed by atoms with van der Waals surface area (Å²) >= 11 is 0. The SMILES string of the molecule is [2H][C@@]1(C)C(=O)N(C(C)=O)[C@H](C)C(=O)N1C. The first-order valence-corrected chi connectivity index (χ1v) is 4.33. The van der Waals surface area contributed by atoms with Gasteiger partial charge >= 0.3 is 0 Å². The predicted octanol–water partition coefficient (Wildman–Crippen LogP) is -0.390. The summed E-state index contributed by atoms with van der Waals surface area (Å²) in [5.74, 6) is -1.57. The summed E-state index contributed by atoms with van der Waals surface area (Å²) in [4.78, 5) is 36.5. The van der Waals surface area contributed by atoms with Gasteiger partial charge in [0.05, 0.1) is 1.37 Å². The van der Waals surface area contributed by atoms with Gasteiger partial charge in [-0.3, -0.25) is 19.3 Å². The molecule has 1 heterocycles. The van der Waals surface area contributed by atoms with Crippen LogP contribution in [-0.4, -0.2) is 46.6 Å². The lowest BCUT2D eigenvalue weighted by Gasteiger charge is -2.39. The van der Waals surface area contributed by atoms with Gasteiger partial charge in [0, 0.05) is 14.0 Å². The first kappa shape index (κ1) is 9.18. The van der Waals surface area contributed by atoms with Gasteiger partial charge in [0.1, 0.15) is 12.1 Å². The van der Waals surface area contributed by atoms with E-state index in [4.69, 9.17) is 1.37 Å². The molecule has 1 rings (SSSR count). The lowest BCUT2D eigenvalue weighted by atomic mass is 10.1. The summed E-state index contributed by atoms with van der Waals surface area (Å²) in [5, 5.41) is 0. The van der Waals surface area contributed by atoms with E-state index in [2.05, 4.69) is 0 Å². The second-order valence-electron chi connectivity index (χ2n) is 3.35. The van der Waals surface area contributed by atoms with E-state index >= 15 is 0 Å². The number of imide groups is 1. The van der Waals surface area contributed by atoms with E-state index in [0.29, 0.717) is 0 Å². The lowest BCUT2D eigenvalue weighted by Crippen LogP contribution is -2.62. The van der Waals surface area contributed by atoms with E-state index in [1.165, 1.54) is 27.8 Å². The standard InChI is InChI=1S/C9H14N2O3/c1-5-9(14)11(7(3)12)6(2)8(13)10(5)4/h5-6H,1-4H3/t5-,6-/m1/s1/i5D. The smallest absolute Gasteiger partial charge is 0.252 e. The maximum absolute atomic E-state index is 11.8. The van der Waals surface area contributed by atoms with Crippen molar-refractivity contribution in [3.05, 3.63) is 0 Å². The summed E-state index contributed by atoms with van der Waals surface area (Å²) in [6.07, 6.45) is 0. The van der Waals surface area contributed by atoms with Crippen molar-refractivity contribution in [2.24, 2.45) is 0 Å². The summed E-state index contributed by atoms with van der Waals surface area (Å²) in [5.41, 5.74) is 0. The Hall–Kier alpha value is -1.39. The van der Waals surface area contributed by atoms with Crippen LogP contribution in [0.3, 0.4) is 0 Å². The molecule has 2 atom stereocenters. The average Bonchev–Trinajstić information content (AvgIpc) is 2.12. The van der Waals surface area contributed by atoms with Crippen molar-refractivity contribution >= 4 is 17.7 Å². The molecule has 0 aliphatic carbocycles. The minimum Gasteiger partial charge on any atom is -0.332 e. The van der Waals surface area contributed by atoms with Crippen LogP contribution in [0.4, 0.5) is 0 Å². The fraction of sp³-hybridized carbons (Fsp3) is 0.667. The Morgan fingerprint density at radius 1 is 1.36 bits per heavy atom. The number of likely N-dealkylation sites (N-methyl/N-ethyl adjacent to an activating group) is 1. The number of carbonyl (C=O) groups is 3. The Labute approximate surface area is 84.1 Å². The number of amides is 3. The van der Waals surface area contributed by atoms with Crippen LogP contribution < -0.4 is 0 Å². The second-order valence-corrected chi connectivity index (χ2v) is 3.35. The monoisotopic (exact) mass is 199 g/mol. The summed E-state index contributed by atoms with van der Waals surface area (Å²) in [6.45, 7) is 3.99. The zero-order valence-electron chi connectivity index (χ0n) is 9.70. The van der Waals surface area contributed by atoms with Crippen LogP contribution in [0.25, 0.3) is 0 Å². The van der Waals surface area contributed by atoms with Gasteiger partial charge in [0.25, 0.3) is 5.91 Å². The molecular weight excluding hydrogens is 184 g/mol. The van der Waals surface area contributed by atoms with E-state index in [1.807, 2.05) is 0 Å². The van der Waals surface area contributed by atoms with E-state index in [0.717, 1.165) is 9.80 Å². The fourth-order valence-corrected chi connectivity index (χ4v) is 1.47. The number of rotatable bonds is 0. The molecule has 0 aromatic carbocycles. The lowest BCUT2D eigenvalue weighted by molar-refractivity contribution is -0.164. The highest BCUT2D eigenvalue weighted by molar-refractivity contribution is 6.05. The maximum Gasteiger partial charge on any atom is 0.252 e. The van der Waals surface area contributed by atoms with Crippen LogP contribution >= 0.6 is 0 Å². The molecule has 0 aromatic heterocycles. The third kappa shape index (κ3) is 1.38. The van der Waals surface area contributed by atoms with E-state index < -0.39 is 29.8 Å². The Kier molecular flexibility index (Phi) is 2.23. The first-order chi connectivity index (χ1) is 6.71. The maximum atomic E-state index is 11.8. The zero-order chi connectivity index (χ0) is 12.0. The molecule has 0 N–H and O–H groups in total. The van der Waals surface area contributed by atoms with Gasteiger partial charge in [-0.25, -0.2) is 0 Å². The van der Waals surface area contributed by atoms with Crippen molar-refractivity contribution in [1.29, 1.82) is 0 Å². The Morgan fingerprint density at radius 3 is 2.29 bits per heavy atom. The normalized spacial score (nSPS) is 34.6. The molecule has 0 saturated carbocycles. The molecule has 0 aromatic rings. The minimum atomic E-state index is -1.70. The molecule has 78 valence electrons. The van der Waals surface area contributed by atoms with Crippen LogP contribution in [0.15, 0.2) is 0 Å². The predicted molar refractivity (Wildman–Crippen MR) is 49.2 cm³/mol. The highest BCUT2D eigenvalue weighted by Gasteiger charge is 2.41. The van der Waals surface area contributed by atoms with Gasteiger partial charge in [-0.2, -0.15) is 0 Å². The topological polar surface area (TPSA) is 57.7 Å². The van der Waals surface area contributed by atoms with Crippen LogP contribution in [0.1, 0.15) is 22.1 Å². The molecule has 3 amide bonds. The molecular formula is C9H14N2O3. The van der Waals surface area contributed by atoms with E-state index in [9.17, 15) is 14.4 Å². The van der Waals surface area contributed by atoms with Crippen molar-refractivity contribution in [3.8, 4) is 0 Å². The number of carbonyl (C=O) groups excluding carboxylic acids is 3. The molecule has 0 unspecified atom stereocenters.